The quantitative estimate of drug-likeness (QED) is 0.0909. The average molecular weight is 559 g/mol. The van der Waals surface area contributed by atoms with Gasteiger partial charge in [-0.05, 0) is 13.5 Å². The average Bonchev–Trinajstić information content (AvgIpc) is 2.89. The zero-order chi connectivity index (χ0) is 29.8. The normalized spacial score (nSPS) is 10.1. The molecule has 0 aromatic rings. The fourth-order valence-corrected chi connectivity index (χ4v) is 2.90. The molecule has 0 bridgehead atoms. The minimum atomic E-state index is -0.785. The van der Waals surface area contributed by atoms with Crippen LogP contribution >= 0.6 is 0 Å². The van der Waals surface area contributed by atoms with Crippen molar-refractivity contribution < 1.29 is 47.8 Å². The lowest BCUT2D eigenvalue weighted by atomic mass is 10.2. The van der Waals surface area contributed by atoms with E-state index in [1.54, 1.807) is 14.0 Å². The molecule has 0 aliphatic heterocycles. The van der Waals surface area contributed by atoms with Crippen LogP contribution in [0.3, 0.4) is 0 Å². The van der Waals surface area contributed by atoms with Crippen molar-refractivity contribution in [1.29, 1.82) is 0 Å². The lowest BCUT2D eigenvalue weighted by Crippen LogP contribution is -2.50. The summed E-state index contributed by atoms with van der Waals surface area (Å²) in [5.41, 5.74) is 0. The van der Waals surface area contributed by atoms with Gasteiger partial charge in [-0.3, -0.25) is 38.4 Å². The maximum absolute atomic E-state index is 12.4. The second-order valence-corrected chi connectivity index (χ2v) is 8.12. The molecule has 0 aliphatic rings. The Labute approximate surface area is 226 Å². The van der Waals surface area contributed by atoms with Crippen LogP contribution < -0.4 is 21.3 Å². The largest absolute Gasteiger partial charge is 0.468 e. The monoisotopic (exact) mass is 558 g/mol. The Morgan fingerprint density at radius 3 is 1.59 bits per heavy atom. The number of likely N-dealkylation sites (N-methyl/N-ethyl adjacent to an activating group) is 1. The minimum Gasteiger partial charge on any atom is -0.468 e. The lowest BCUT2D eigenvalue weighted by molar-refractivity contribution is -0.148. The molecule has 39 heavy (non-hydrogen) atoms. The first-order chi connectivity index (χ1) is 18.5. The van der Waals surface area contributed by atoms with E-state index in [0.29, 0.717) is 6.42 Å². The minimum absolute atomic E-state index is 0.0701. The first kappa shape index (κ1) is 34.9. The molecule has 5 amide bonds. The molecule has 0 saturated carbocycles. The standard InChI is InChI=1S/C23H38N6O10/c1-5-6-17(31)25-10-21(35)29(14-23(37)39-4)12-19(33)27-15-26-18(32)11-28(13-22(36)38-3)20(34)8-7-16(30)9-24-2/h24H,5-15H2,1-4H3,(H,25,31)(H,26,32)(H,27,33). The highest BCUT2D eigenvalue weighted by atomic mass is 16.5. The van der Waals surface area contributed by atoms with E-state index in [1.807, 2.05) is 0 Å². The van der Waals surface area contributed by atoms with E-state index in [1.165, 1.54) is 0 Å². The number of amides is 5. The van der Waals surface area contributed by atoms with Crippen LogP contribution in [0.4, 0.5) is 0 Å². The molecule has 0 radical (unpaired) electrons. The van der Waals surface area contributed by atoms with E-state index >= 15 is 0 Å². The van der Waals surface area contributed by atoms with E-state index in [4.69, 9.17) is 0 Å². The number of Topliss-reactive ketones (excluding diaryl/α,β-unsaturated/α-hetero) is 1. The van der Waals surface area contributed by atoms with E-state index in [-0.39, 0.29) is 37.5 Å². The van der Waals surface area contributed by atoms with Crippen LogP contribution in [-0.2, 0) is 47.8 Å². The summed E-state index contributed by atoms with van der Waals surface area (Å²) < 4.78 is 9.06. The van der Waals surface area contributed by atoms with Gasteiger partial charge in [-0.15, -0.1) is 0 Å². The summed E-state index contributed by atoms with van der Waals surface area (Å²) in [6.07, 6.45) is 0.481. The molecule has 16 heteroatoms. The fraction of sp³-hybridized carbons (Fsp3) is 0.652. The Hall–Kier alpha value is -4.08. The second-order valence-electron chi connectivity index (χ2n) is 8.12. The number of methoxy groups -OCH3 is 2. The summed E-state index contributed by atoms with van der Waals surface area (Å²) in [4.78, 5) is 97.8. The molecule has 0 spiro atoms. The summed E-state index contributed by atoms with van der Waals surface area (Å²) in [5, 5.41) is 9.73. The number of nitrogens with one attached hydrogen (secondary N) is 4. The van der Waals surface area contributed by atoms with Crippen LogP contribution in [0.2, 0.25) is 0 Å². The molecule has 0 heterocycles. The summed E-state index contributed by atoms with van der Waals surface area (Å²) in [6.45, 7) is -1.14. The van der Waals surface area contributed by atoms with Crippen molar-refractivity contribution >= 4 is 47.3 Å². The Morgan fingerprint density at radius 1 is 0.615 bits per heavy atom. The molecule has 0 aromatic heterocycles. The van der Waals surface area contributed by atoms with Crippen molar-refractivity contribution in [3.05, 3.63) is 0 Å². The van der Waals surface area contributed by atoms with Gasteiger partial charge in [0.25, 0.3) is 0 Å². The number of ether oxygens (including phenoxy) is 2. The SMILES string of the molecule is CCCC(=O)NCC(=O)N(CC(=O)NCNC(=O)CN(CC(=O)OC)C(=O)CCC(=O)CNC)CC(=O)OC. The Morgan fingerprint density at radius 2 is 1.13 bits per heavy atom. The number of rotatable bonds is 19. The third kappa shape index (κ3) is 16.4. The van der Waals surface area contributed by atoms with Gasteiger partial charge in [-0.2, -0.15) is 0 Å². The highest BCUT2D eigenvalue weighted by Crippen LogP contribution is 2.00. The van der Waals surface area contributed by atoms with Gasteiger partial charge in [0.15, 0.2) is 0 Å². The molecular weight excluding hydrogens is 520 g/mol. The Kier molecular flexibility index (Phi) is 17.9. The topological polar surface area (TPSA) is 210 Å². The van der Waals surface area contributed by atoms with Crippen LogP contribution in [0, 0.1) is 0 Å². The predicted molar refractivity (Wildman–Crippen MR) is 134 cm³/mol. The molecule has 220 valence electrons. The lowest BCUT2D eigenvalue weighted by Gasteiger charge is -2.22. The van der Waals surface area contributed by atoms with Crippen molar-refractivity contribution in [1.82, 2.24) is 31.1 Å². The number of nitrogens with zero attached hydrogens (tertiary/aromatic N) is 2. The maximum atomic E-state index is 12.4. The summed E-state index contributed by atoms with van der Waals surface area (Å²) >= 11 is 0. The highest BCUT2D eigenvalue weighted by Gasteiger charge is 2.23. The highest BCUT2D eigenvalue weighted by molar-refractivity contribution is 5.92. The van der Waals surface area contributed by atoms with Gasteiger partial charge in [0.1, 0.15) is 32.0 Å². The number of esters is 2. The third-order valence-electron chi connectivity index (χ3n) is 4.95. The van der Waals surface area contributed by atoms with Crippen molar-refractivity contribution in [2.24, 2.45) is 0 Å². The molecule has 0 unspecified atom stereocenters. The predicted octanol–water partition coefficient (Wildman–Crippen LogP) is -3.34. The number of carbonyl (C=O) groups is 8. The number of ketones is 1. The zero-order valence-electron chi connectivity index (χ0n) is 22.8. The molecule has 16 nitrogen and oxygen atoms in total. The van der Waals surface area contributed by atoms with Crippen molar-refractivity contribution in [2.75, 3.05) is 67.2 Å². The van der Waals surface area contributed by atoms with Crippen LogP contribution in [-0.4, -0.2) is 124 Å². The Bertz CT molecular complexity index is 825. The number of hydrogen-bond donors (Lipinski definition) is 4. The first-order valence-corrected chi connectivity index (χ1v) is 12.1. The smallest absolute Gasteiger partial charge is 0.325 e. The summed E-state index contributed by atoms with van der Waals surface area (Å²) in [5.74, 6) is -4.92. The molecule has 0 aromatic carbocycles. The molecule has 0 aliphatic carbocycles. The van der Waals surface area contributed by atoms with E-state index in [2.05, 4.69) is 30.7 Å². The number of carbonyl (C=O) groups excluding carboxylic acids is 8. The van der Waals surface area contributed by atoms with E-state index < -0.39 is 75.0 Å². The van der Waals surface area contributed by atoms with Gasteiger partial charge in [0.2, 0.25) is 29.5 Å². The van der Waals surface area contributed by atoms with Crippen LogP contribution in [0.5, 0.6) is 0 Å². The zero-order valence-corrected chi connectivity index (χ0v) is 22.8. The molecule has 0 atom stereocenters. The second kappa shape index (κ2) is 20.0. The van der Waals surface area contributed by atoms with Crippen LogP contribution in [0.25, 0.3) is 0 Å². The van der Waals surface area contributed by atoms with Crippen LogP contribution in [0.15, 0.2) is 0 Å². The van der Waals surface area contributed by atoms with E-state index in [9.17, 15) is 38.4 Å². The first-order valence-electron chi connectivity index (χ1n) is 12.1. The molecule has 4 N–H and O–H groups in total. The van der Waals surface area contributed by atoms with Gasteiger partial charge >= 0.3 is 11.9 Å². The molecule has 0 rings (SSSR count). The molecular formula is C23H38N6O10. The van der Waals surface area contributed by atoms with Crippen molar-refractivity contribution in [3.63, 3.8) is 0 Å². The Balaban J connectivity index is 4.91. The van der Waals surface area contributed by atoms with Crippen molar-refractivity contribution in [3.8, 4) is 0 Å². The molecule has 0 fully saturated rings. The van der Waals surface area contributed by atoms with Gasteiger partial charge in [-0.1, -0.05) is 6.92 Å². The van der Waals surface area contributed by atoms with Gasteiger partial charge in [-0.25, -0.2) is 0 Å². The van der Waals surface area contributed by atoms with Crippen LogP contribution in [0.1, 0.15) is 32.6 Å². The maximum Gasteiger partial charge on any atom is 0.325 e. The molecule has 0 saturated heterocycles. The number of hydrogen-bond acceptors (Lipinski definition) is 11. The third-order valence-corrected chi connectivity index (χ3v) is 4.95. The van der Waals surface area contributed by atoms with Gasteiger partial charge in [0.05, 0.1) is 34.0 Å². The van der Waals surface area contributed by atoms with Crippen molar-refractivity contribution in [2.45, 2.75) is 32.6 Å². The van der Waals surface area contributed by atoms with Gasteiger partial charge in [0, 0.05) is 19.3 Å². The van der Waals surface area contributed by atoms with Gasteiger partial charge < -0.3 is 40.5 Å². The summed E-state index contributed by atoms with van der Waals surface area (Å²) in [7, 11) is 3.80. The fourth-order valence-electron chi connectivity index (χ4n) is 2.90. The van der Waals surface area contributed by atoms with E-state index in [0.717, 1.165) is 24.0 Å². The summed E-state index contributed by atoms with van der Waals surface area (Å²) in [6, 6.07) is 0.